The second kappa shape index (κ2) is 18.3. The zero-order chi connectivity index (χ0) is 47.8. The maximum absolute atomic E-state index is 6.26. The number of nitrogens with zero attached hydrogens (tertiary/aromatic N) is 4. The molecular formula is C67H46N4O. The Bertz CT molecular complexity index is 3720. The molecule has 0 fully saturated rings. The van der Waals surface area contributed by atoms with Crippen molar-refractivity contribution in [3.05, 3.63) is 279 Å². The van der Waals surface area contributed by atoms with Crippen molar-refractivity contribution in [2.45, 2.75) is 0 Å². The molecular weight excluding hydrogens is 877 g/mol. The second-order valence-corrected chi connectivity index (χ2v) is 18.0. The highest BCUT2D eigenvalue weighted by Gasteiger charge is 2.18. The van der Waals surface area contributed by atoms with Gasteiger partial charge in [-0.15, -0.1) is 0 Å². The Labute approximate surface area is 418 Å². The highest BCUT2D eigenvalue weighted by atomic mass is 16.3. The van der Waals surface area contributed by atoms with Crippen LogP contribution in [0.25, 0.3) is 83.4 Å². The third-order valence-corrected chi connectivity index (χ3v) is 13.6. The number of rotatable bonds is 11. The largest absolute Gasteiger partial charge is 0.436 e. The van der Waals surface area contributed by atoms with Gasteiger partial charge in [-0.05, 0) is 167 Å². The van der Waals surface area contributed by atoms with Gasteiger partial charge >= 0.3 is 0 Å². The molecule has 0 N–H and O–H groups in total. The molecule has 0 amide bonds. The van der Waals surface area contributed by atoms with Crippen molar-refractivity contribution in [3.8, 4) is 50.5 Å². The molecule has 0 unspecified atom stereocenters. The summed E-state index contributed by atoms with van der Waals surface area (Å²) in [5, 5.41) is 2.38. The Morgan fingerprint density at radius 1 is 0.292 bits per heavy atom. The van der Waals surface area contributed by atoms with Gasteiger partial charge in [-0.3, -0.25) is 0 Å². The number of hydrogen-bond acceptors (Lipinski definition) is 4. The molecule has 2 heterocycles. The second-order valence-electron chi connectivity index (χ2n) is 18.0. The molecule has 0 radical (unpaired) electrons. The Balaban J connectivity index is 0.892. The maximum atomic E-state index is 6.26. The number of anilines is 6. The van der Waals surface area contributed by atoms with E-state index in [4.69, 9.17) is 9.40 Å². The lowest BCUT2D eigenvalue weighted by molar-refractivity contribution is 0.620. The smallest absolute Gasteiger partial charge is 0.227 e. The van der Waals surface area contributed by atoms with E-state index in [-0.39, 0.29) is 0 Å². The Kier molecular flexibility index (Phi) is 10.8. The molecule has 11 aromatic carbocycles. The summed E-state index contributed by atoms with van der Waals surface area (Å²) in [6.07, 6.45) is 0. The number of oxazole rings is 1. The fourth-order valence-electron chi connectivity index (χ4n) is 10.1. The van der Waals surface area contributed by atoms with Crippen molar-refractivity contribution >= 4 is 67.0 Å². The predicted octanol–water partition coefficient (Wildman–Crippen LogP) is 18.5. The van der Waals surface area contributed by atoms with E-state index < -0.39 is 0 Å². The van der Waals surface area contributed by atoms with Crippen molar-refractivity contribution in [3.63, 3.8) is 0 Å². The summed E-state index contributed by atoms with van der Waals surface area (Å²) in [6, 6.07) is 99.1. The molecule has 0 aliphatic heterocycles. The van der Waals surface area contributed by atoms with E-state index in [9.17, 15) is 0 Å². The van der Waals surface area contributed by atoms with E-state index >= 15 is 0 Å². The van der Waals surface area contributed by atoms with Gasteiger partial charge in [0.25, 0.3) is 0 Å². The van der Waals surface area contributed by atoms with Crippen molar-refractivity contribution in [1.82, 2.24) is 9.55 Å². The summed E-state index contributed by atoms with van der Waals surface area (Å²) in [5.41, 5.74) is 19.4. The first-order chi connectivity index (χ1) is 35.7. The van der Waals surface area contributed by atoms with Crippen LogP contribution in [0, 0.1) is 0 Å². The van der Waals surface area contributed by atoms with Crippen LogP contribution in [-0.2, 0) is 0 Å². The number of aromatic nitrogens is 2. The molecule has 0 atom stereocenters. The van der Waals surface area contributed by atoms with Gasteiger partial charge in [0, 0.05) is 56.1 Å². The first-order valence-corrected chi connectivity index (χ1v) is 24.3. The zero-order valence-electron chi connectivity index (χ0n) is 39.3. The topological polar surface area (TPSA) is 37.4 Å². The van der Waals surface area contributed by atoms with Gasteiger partial charge in [0.1, 0.15) is 5.52 Å². The summed E-state index contributed by atoms with van der Waals surface area (Å²) in [4.78, 5) is 9.37. The minimum absolute atomic E-state index is 0.625. The summed E-state index contributed by atoms with van der Waals surface area (Å²) < 4.78 is 8.66. The summed E-state index contributed by atoms with van der Waals surface area (Å²) in [5.74, 6) is 0.625. The van der Waals surface area contributed by atoms with Crippen molar-refractivity contribution < 1.29 is 4.42 Å². The van der Waals surface area contributed by atoms with Crippen LogP contribution in [0.2, 0.25) is 0 Å². The fraction of sp³-hybridized carbons (Fsp3) is 0. The minimum Gasteiger partial charge on any atom is -0.436 e. The number of hydrogen-bond donors (Lipinski definition) is 0. The third kappa shape index (κ3) is 7.95. The predicted molar refractivity (Wildman–Crippen MR) is 299 cm³/mol. The van der Waals surface area contributed by atoms with Crippen LogP contribution in [0.4, 0.5) is 34.1 Å². The normalized spacial score (nSPS) is 11.3. The quantitative estimate of drug-likeness (QED) is 0.130. The zero-order valence-corrected chi connectivity index (χ0v) is 39.3. The monoisotopic (exact) mass is 922 g/mol. The molecule has 13 rings (SSSR count). The summed E-state index contributed by atoms with van der Waals surface area (Å²) >= 11 is 0. The minimum atomic E-state index is 0.625. The van der Waals surface area contributed by atoms with Crippen LogP contribution >= 0.6 is 0 Å². The standard InChI is InChI=1S/C67H46N4O/c1-6-16-50(17-7-1)67-68-63-41-32-53(46-66(63)72-67)49-30-39-60(40-31-49)71-64-42-33-51(47-26-35-58(36-27-47)69(54-18-8-2-9-19-54)55-20-10-3-11-21-55)44-61(64)62-45-52(34-43-65(62)71)48-28-37-59(38-29-48)70(56-22-12-4-13-23-56)57-24-14-5-15-25-57/h1-46H. The molecule has 0 aliphatic rings. The lowest BCUT2D eigenvalue weighted by Crippen LogP contribution is -2.09. The van der Waals surface area contributed by atoms with Crippen LogP contribution in [0.1, 0.15) is 0 Å². The van der Waals surface area contributed by atoms with Crippen LogP contribution < -0.4 is 9.80 Å². The maximum Gasteiger partial charge on any atom is 0.227 e. The first-order valence-electron chi connectivity index (χ1n) is 24.3. The molecule has 0 aliphatic carbocycles. The van der Waals surface area contributed by atoms with Crippen molar-refractivity contribution in [2.75, 3.05) is 9.80 Å². The highest BCUT2D eigenvalue weighted by molar-refractivity contribution is 6.11. The first kappa shape index (κ1) is 42.4. The fourth-order valence-corrected chi connectivity index (χ4v) is 10.1. The highest BCUT2D eigenvalue weighted by Crippen LogP contribution is 2.41. The molecule has 0 bridgehead atoms. The Morgan fingerprint density at radius 2 is 0.639 bits per heavy atom. The lowest BCUT2D eigenvalue weighted by Gasteiger charge is -2.25. The van der Waals surface area contributed by atoms with Crippen LogP contribution in [0.15, 0.2) is 283 Å². The average molecular weight is 923 g/mol. The van der Waals surface area contributed by atoms with Crippen molar-refractivity contribution in [2.24, 2.45) is 0 Å². The SMILES string of the molecule is c1ccc(-c2nc3ccc(-c4ccc(-n5c6ccc(-c7ccc(N(c8ccccc8)c8ccccc8)cc7)cc6c6cc(-c7ccc(N(c8ccccc8)c8ccccc8)cc7)ccc65)cc4)cc3o2)cc1. The lowest BCUT2D eigenvalue weighted by atomic mass is 9.99. The van der Waals surface area contributed by atoms with Crippen LogP contribution in [0.5, 0.6) is 0 Å². The van der Waals surface area contributed by atoms with Gasteiger partial charge in [0.05, 0.1) is 11.0 Å². The molecule has 0 saturated carbocycles. The van der Waals surface area contributed by atoms with Gasteiger partial charge in [-0.25, -0.2) is 4.98 Å². The Hall–Kier alpha value is -9.71. The molecule has 72 heavy (non-hydrogen) atoms. The third-order valence-electron chi connectivity index (χ3n) is 13.6. The van der Waals surface area contributed by atoms with Gasteiger partial charge in [0.15, 0.2) is 5.58 Å². The molecule has 5 heteroatoms. The van der Waals surface area contributed by atoms with E-state index in [1.807, 2.05) is 36.4 Å². The molecule has 2 aromatic heterocycles. The average Bonchev–Trinajstić information content (AvgIpc) is 4.04. The number of para-hydroxylation sites is 4. The summed E-state index contributed by atoms with van der Waals surface area (Å²) in [6.45, 7) is 0. The van der Waals surface area contributed by atoms with E-state index in [2.05, 4.69) is 257 Å². The Morgan fingerprint density at radius 3 is 1.07 bits per heavy atom. The summed E-state index contributed by atoms with van der Waals surface area (Å²) in [7, 11) is 0. The molecule has 0 spiro atoms. The van der Waals surface area contributed by atoms with E-state index in [0.29, 0.717) is 5.89 Å². The number of benzene rings is 11. The van der Waals surface area contributed by atoms with Crippen LogP contribution in [0.3, 0.4) is 0 Å². The van der Waals surface area contributed by atoms with Crippen LogP contribution in [-0.4, -0.2) is 9.55 Å². The van der Waals surface area contributed by atoms with Crippen molar-refractivity contribution in [1.29, 1.82) is 0 Å². The van der Waals surface area contributed by atoms with E-state index in [0.717, 1.165) is 101 Å². The molecule has 5 nitrogen and oxygen atoms in total. The molecule has 13 aromatic rings. The molecule has 340 valence electrons. The molecule has 0 saturated heterocycles. The van der Waals surface area contributed by atoms with E-state index in [1.165, 1.54) is 10.8 Å². The van der Waals surface area contributed by atoms with Gasteiger partial charge in [0.2, 0.25) is 5.89 Å². The van der Waals surface area contributed by atoms with E-state index in [1.54, 1.807) is 0 Å². The van der Waals surface area contributed by atoms with Gasteiger partial charge in [-0.2, -0.15) is 0 Å². The number of fused-ring (bicyclic) bond motifs is 4. The van der Waals surface area contributed by atoms with Gasteiger partial charge in [-0.1, -0.05) is 146 Å². The van der Waals surface area contributed by atoms with Gasteiger partial charge < -0.3 is 18.8 Å².